The van der Waals surface area contributed by atoms with Crippen molar-refractivity contribution in [2.45, 2.75) is 37.9 Å². The Morgan fingerprint density at radius 3 is 2.83 bits per heavy atom. The fourth-order valence-corrected chi connectivity index (χ4v) is 3.17. The molecule has 0 atom stereocenters. The molecule has 3 heterocycles. The predicted octanol–water partition coefficient (Wildman–Crippen LogP) is 4.13. The van der Waals surface area contributed by atoms with Gasteiger partial charge in [-0.1, -0.05) is 11.2 Å². The summed E-state index contributed by atoms with van der Waals surface area (Å²) >= 11 is 1.50. The second-order valence-electron chi connectivity index (χ2n) is 5.69. The molecule has 3 aromatic heterocycles. The summed E-state index contributed by atoms with van der Waals surface area (Å²) in [5.74, 6) is 1.07. The van der Waals surface area contributed by atoms with E-state index in [2.05, 4.69) is 15.2 Å². The van der Waals surface area contributed by atoms with Gasteiger partial charge in [0.1, 0.15) is 0 Å². The van der Waals surface area contributed by atoms with Crippen molar-refractivity contribution >= 4 is 11.3 Å². The van der Waals surface area contributed by atoms with Crippen molar-refractivity contribution in [2.75, 3.05) is 0 Å². The van der Waals surface area contributed by atoms with E-state index in [1.165, 1.54) is 16.0 Å². The van der Waals surface area contributed by atoms with Gasteiger partial charge in [0, 0.05) is 18.0 Å². The molecule has 0 radical (unpaired) electrons. The molecule has 3 aromatic rings. The van der Waals surface area contributed by atoms with Crippen LogP contribution in [0, 0.1) is 0 Å². The lowest BCUT2D eigenvalue weighted by atomic mass is 10.2. The van der Waals surface area contributed by atoms with Crippen LogP contribution < -0.4 is 0 Å². The molecule has 5 nitrogen and oxygen atoms in total. The Kier molecular flexibility index (Phi) is 3.67. The minimum Gasteiger partial charge on any atom is -0.339 e. The molecule has 1 saturated carbocycles. The Morgan fingerprint density at radius 1 is 1.33 bits per heavy atom. The molecule has 1 aliphatic rings. The SMILES string of the molecule is FC(F)(F)c1cc(C2CC2)n(CCc2nc(-c3cccs3)no2)n1. The van der Waals surface area contributed by atoms with Crippen molar-refractivity contribution in [1.29, 1.82) is 0 Å². The molecule has 0 bridgehead atoms. The quantitative estimate of drug-likeness (QED) is 0.691. The fraction of sp³-hybridized carbons (Fsp3) is 0.400. The van der Waals surface area contributed by atoms with Crippen LogP contribution in [0.4, 0.5) is 13.2 Å². The zero-order chi connectivity index (χ0) is 16.7. The van der Waals surface area contributed by atoms with Gasteiger partial charge in [-0.2, -0.15) is 23.3 Å². The summed E-state index contributed by atoms with van der Waals surface area (Å²) in [5, 5.41) is 9.53. The van der Waals surface area contributed by atoms with Crippen LogP contribution in [-0.4, -0.2) is 19.9 Å². The Morgan fingerprint density at radius 2 is 2.17 bits per heavy atom. The average Bonchev–Trinajstić information content (AvgIpc) is 2.99. The molecule has 0 spiro atoms. The lowest BCUT2D eigenvalue weighted by molar-refractivity contribution is -0.141. The van der Waals surface area contributed by atoms with E-state index >= 15 is 0 Å². The molecule has 0 amide bonds. The van der Waals surface area contributed by atoms with E-state index in [1.54, 1.807) is 0 Å². The molecule has 24 heavy (non-hydrogen) atoms. The third-order valence-corrected chi connectivity index (χ3v) is 4.71. The van der Waals surface area contributed by atoms with E-state index in [9.17, 15) is 13.2 Å². The number of hydrogen-bond acceptors (Lipinski definition) is 5. The fourth-order valence-electron chi connectivity index (χ4n) is 2.52. The topological polar surface area (TPSA) is 56.7 Å². The Labute approximate surface area is 139 Å². The van der Waals surface area contributed by atoms with Crippen LogP contribution in [-0.2, 0) is 19.1 Å². The minimum absolute atomic E-state index is 0.179. The highest BCUT2D eigenvalue weighted by Gasteiger charge is 2.37. The van der Waals surface area contributed by atoms with Gasteiger partial charge in [-0.3, -0.25) is 4.68 Å². The maximum absolute atomic E-state index is 12.9. The van der Waals surface area contributed by atoms with Gasteiger partial charge < -0.3 is 4.52 Å². The van der Waals surface area contributed by atoms with Gasteiger partial charge in [0.2, 0.25) is 11.7 Å². The maximum atomic E-state index is 12.9. The standard InChI is InChI=1S/C15H13F3N4OS/c16-15(17,18)12-8-10(9-3-4-9)22(20-12)6-5-13-19-14(21-23-13)11-2-1-7-24-11/h1-2,7-9H,3-6H2. The molecule has 0 saturated heterocycles. The zero-order valence-corrected chi connectivity index (χ0v) is 13.3. The highest BCUT2D eigenvalue weighted by Crippen LogP contribution is 2.42. The first-order valence-corrected chi connectivity index (χ1v) is 8.40. The van der Waals surface area contributed by atoms with Gasteiger partial charge in [0.15, 0.2) is 5.69 Å². The molecule has 0 unspecified atom stereocenters. The summed E-state index contributed by atoms with van der Waals surface area (Å²) in [5.41, 5.74) is -0.200. The third-order valence-electron chi connectivity index (χ3n) is 3.84. The lowest BCUT2D eigenvalue weighted by Crippen LogP contribution is -2.10. The number of aromatic nitrogens is 4. The second kappa shape index (κ2) is 5.73. The third kappa shape index (κ3) is 3.08. The summed E-state index contributed by atoms with van der Waals surface area (Å²) < 4.78 is 45.2. The van der Waals surface area contributed by atoms with E-state index in [0.29, 0.717) is 23.8 Å². The molecule has 4 rings (SSSR count). The monoisotopic (exact) mass is 354 g/mol. The molecule has 0 N–H and O–H groups in total. The minimum atomic E-state index is -4.42. The van der Waals surface area contributed by atoms with Gasteiger partial charge >= 0.3 is 6.18 Å². The predicted molar refractivity (Wildman–Crippen MR) is 80.5 cm³/mol. The normalized spacial score (nSPS) is 15.1. The van der Waals surface area contributed by atoms with Crippen LogP contribution in [0.25, 0.3) is 10.7 Å². The first-order chi connectivity index (χ1) is 11.5. The molecule has 126 valence electrons. The van der Waals surface area contributed by atoms with Crippen molar-refractivity contribution in [1.82, 2.24) is 19.9 Å². The zero-order valence-electron chi connectivity index (χ0n) is 12.5. The molecule has 1 aliphatic carbocycles. The van der Waals surface area contributed by atoms with Crippen LogP contribution in [0.3, 0.4) is 0 Å². The van der Waals surface area contributed by atoms with Gasteiger partial charge in [-0.05, 0) is 30.4 Å². The van der Waals surface area contributed by atoms with Gasteiger partial charge in [-0.25, -0.2) is 0 Å². The lowest BCUT2D eigenvalue weighted by Gasteiger charge is -2.04. The molecular weight excluding hydrogens is 341 g/mol. The van der Waals surface area contributed by atoms with Crippen molar-refractivity contribution in [3.05, 3.63) is 40.9 Å². The molecular formula is C15H13F3N4OS. The number of hydrogen-bond donors (Lipinski definition) is 0. The number of halogens is 3. The van der Waals surface area contributed by atoms with E-state index in [1.807, 2.05) is 17.5 Å². The van der Waals surface area contributed by atoms with Gasteiger partial charge in [-0.15, -0.1) is 11.3 Å². The molecule has 9 heteroatoms. The molecule has 0 aromatic carbocycles. The highest BCUT2D eigenvalue weighted by atomic mass is 32.1. The van der Waals surface area contributed by atoms with Crippen LogP contribution in [0.15, 0.2) is 28.1 Å². The largest absolute Gasteiger partial charge is 0.435 e. The number of nitrogens with zero attached hydrogens (tertiary/aromatic N) is 4. The number of aryl methyl sites for hydroxylation is 2. The average molecular weight is 354 g/mol. The Hall–Kier alpha value is -2.16. The summed E-state index contributed by atoms with van der Waals surface area (Å²) in [7, 11) is 0. The van der Waals surface area contributed by atoms with E-state index in [0.717, 1.165) is 23.8 Å². The smallest absolute Gasteiger partial charge is 0.339 e. The van der Waals surface area contributed by atoms with E-state index in [4.69, 9.17) is 4.52 Å². The Bertz CT molecular complexity index is 833. The molecule has 0 aliphatic heterocycles. The maximum Gasteiger partial charge on any atom is 0.435 e. The second-order valence-corrected chi connectivity index (χ2v) is 6.64. The van der Waals surface area contributed by atoms with E-state index in [-0.39, 0.29) is 12.5 Å². The van der Waals surface area contributed by atoms with Crippen molar-refractivity contribution < 1.29 is 17.7 Å². The first kappa shape index (κ1) is 15.4. The van der Waals surface area contributed by atoms with Gasteiger partial charge in [0.05, 0.1) is 11.4 Å². The molecule has 1 fully saturated rings. The number of rotatable bonds is 5. The van der Waals surface area contributed by atoms with Crippen molar-refractivity contribution in [3.8, 4) is 10.7 Å². The van der Waals surface area contributed by atoms with Crippen molar-refractivity contribution in [2.24, 2.45) is 0 Å². The summed E-state index contributed by atoms with van der Waals surface area (Å²) in [4.78, 5) is 5.17. The van der Waals surface area contributed by atoms with Crippen LogP contribution in [0.1, 0.15) is 36.0 Å². The van der Waals surface area contributed by atoms with Crippen LogP contribution in [0.5, 0.6) is 0 Å². The number of thiophene rings is 1. The van der Waals surface area contributed by atoms with E-state index < -0.39 is 11.9 Å². The highest BCUT2D eigenvalue weighted by molar-refractivity contribution is 7.13. The number of alkyl halides is 3. The Balaban J connectivity index is 1.50. The summed E-state index contributed by atoms with van der Waals surface area (Å²) in [6, 6.07) is 4.93. The first-order valence-electron chi connectivity index (χ1n) is 7.52. The van der Waals surface area contributed by atoms with Crippen molar-refractivity contribution in [3.63, 3.8) is 0 Å². The van der Waals surface area contributed by atoms with Crippen LogP contribution >= 0.6 is 11.3 Å². The summed E-state index contributed by atoms with van der Waals surface area (Å²) in [6.07, 6.45) is -2.26. The van der Waals surface area contributed by atoms with Gasteiger partial charge in [0.25, 0.3) is 0 Å². The summed E-state index contributed by atoms with van der Waals surface area (Å²) in [6.45, 7) is 0.286. The van der Waals surface area contributed by atoms with Crippen LogP contribution in [0.2, 0.25) is 0 Å².